The van der Waals surface area contributed by atoms with Crippen LogP contribution in [0.3, 0.4) is 0 Å². The van der Waals surface area contributed by atoms with Gasteiger partial charge in [0.2, 0.25) is 0 Å². The summed E-state index contributed by atoms with van der Waals surface area (Å²) in [6, 6.07) is 0. The lowest BCUT2D eigenvalue weighted by Gasteiger charge is -2.10. The molecule has 0 saturated carbocycles. The minimum Gasteiger partial charge on any atom is -0.379 e. The normalized spacial score (nSPS) is 11.5. The average Bonchev–Trinajstić information content (AvgIpc) is 2.01. The second-order valence-electron chi connectivity index (χ2n) is 3.88. The molecule has 0 rings (SSSR count). The summed E-state index contributed by atoms with van der Waals surface area (Å²) in [6.07, 6.45) is 0. The van der Waals surface area contributed by atoms with Crippen LogP contribution in [-0.2, 0) is 9.47 Å². The topological polar surface area (TPSA) is 21.7 Å². The summed E-state index contributed by atoms with van der Waals surface area (Å²) >= 11 is 0. The van der Waals surface area contributed by atoms with E-state index in [4.69, 9.17) is 9.47 Å². The van der Waals surface area contributed by atoms with Crippen molar-refractivity contribution >= 4 is 0 Å². The van der Waals surface area contributed by atoms with Crippen molar-refractivity contribution in [1.82, 2.24) is 4.90 Å². The molecule has 3 heteroatoms. The van der Waals surface area contributed by atoms with Gasteiger partial charge in [0.05, 0.1) is 19.8 Å². The van der Waals surface area contributed by atoms with Gasteiger partial charge in [-0.1, -0.05) is 13.8 Å². The Kier molecular flexibility index (Phi) is 8.40. The molecule has 0 aromatic heterocycles. The lowest BCUT2D eigenvalue weighted by molar-refractivity contribution is 0.0336. The molecular formula is C10H23NO2. The van der Waals surface area contributed by atoms with Gasteiger partial charge in [-0.3, -0.25) is 0 Å². The maximum absolute atomic E-state index is 5.36. The number of rotatable bonds is 8. The molecule has 0 amide bonds. The Balaban J connectivity index is 2.92. The number of nitrogens with zero attached hydrogens (tertiary/aromatic N) is 1. The van der Waals surface area contributed by atoms with Gasteiger partial charge in [0.15, 0.2) is 0 Å². The molecule has 0 heterocycles. The Labute approximate surface area is 82.0 Å². The molecule has 3 nitrogen and oxygen atoms in total. The van der Waals surface area contributed by atoms with E-state index in [1.165, 1.54) is 0 Å². The zero-order valence-corrected chi connectivity index (χ0v) is 9.38. The SMILES string of the molecule is CC(C)COCCOCCN(C)C. The predicted octanol–water partition coefficient (Wildman–Crippen LogP) is 1.24. The van der Waals surface area contributed by atoms with Gasteiger partial charge in [0.25, 0.3) is 0 Å². The molecule has 0 aliphatic rings. The van der Waals surface area contributed by atoms with Gasteiger partial charge in [-0.15, -0.1) is 0 Å². The van der Waals surface area contributed by atoms with E-state index in [2.05, 4.69) is 18.7 Å². The molecule has 0 aromatic rings. The van der Waals surface area contributed by atoms with Crippen LogP contribution in [-0.4, -0.2) is 52.0 Å². The molecule has 0 aromatic carbocycles. The maximum Gasteiger partial charge on any atom is 0.0701 e. The van der Waals surface area contributed by atoms with Crippen molar-refractivity contribution < 1.29 is 9.47 Å². The highest BCUT2D eigenvalue weighted by atomic mass is 16.5. The van der Waals surface area contributed by atoms with E-state index in [-0.39, 0.29) is 0 Å². The first-order chi connectivity index (χ1) is 6.13. The fourth-order valence-corrected chi connectivity index (χ4v) is 0.786. The van der Waals surface area contributed by atoms with E-state index in [0.29, 0.717) is 19.1 Å². The van der Waals surface area contributed by atoms with Crippen LogP contribution in [0.1, 0.15) is 13.8 Å². The van der Waals surface area contributed by atoms with Gasteiger partial charge >= 0.3 is 0 Å². The van der Waals surface area contributed by atoms with Gasteiger partial charge in [-0.05, 0) is 20.0 Å². The fraction of sp³-hybridized carbons (Fsp3) is 1.00. The number of ether oxygens (including phenoxy) is 2. The van der Waals surface area contributed by atoms with Gasteiger partial charge in [0.1, 0.15) is 0 Å². The van der Waals surface area contributed by atoms with Crippen molar-refractivity contribution in [2.75, 3.05) is 47.1 Å². The van der Waals surface area contributed by atoms with Crippen LogP contribution in [0.4, 0.5) is 0 Å². The maximum atomic E-state index is 5.36. The Morgan fingerprint density at radius 2 is 1.62 bits per heavy atom. The van der Waals surface area contributed by atoms with Gasteiger partial charge in [-0.25, -0.2) is 0 Å². The Morgan fingerprint density at radius 3 is 2.15 bits per heavy atom. The lowest BCUT2D eigenvalue weighted by Crippen LogP contribution is -2.19. The number of hydrogen-bond donors (Lipinski definition) is 0. The second-order valence-corrected chi connectivity index (χ2v) is 3.88. The van der Waals surface area contributed by atoms with E-state index in [9.17, 15) is 0 Å². The lowest BCUT2D eigenvalue weighted by atomic mass is 10.2. The molecule has 0 saturated heterocycles. The smallest absolute Gasteiger partial charge is 0.0701 e. The fourth-order valence-electron chi connectivity index (χ4n) is 0.786. The number of hydrogen-bond acceptors (Lipinski definition) is 3. The van der Waals surface area contributed by atoms with E-state index in [1.54, 1.807) is 0 Å². The molecule has 0 spiro atoms. The summed E-state index contributed by atoms with van der Waals surface area (Å²) in [7, 11) is 4.08. The summed E-state index contributed by atoms with van der Waals surface area (Å²) in [5.41, 5.74) is 0. The first-order valence-corrected chi connectivity index (χ1v) is 4.93. The predicted molar refractivity (Wildman–Crippen MR) is 55.0 cm³/mol. The van der Waals surface area contributed by atoms with E-state index < -0.39 is 0 Å². The molecule has 0 N–H and O–H groups in total. The van der Waals surface area contributed by atoms with Crippen molar-refractivity contribution in [3.8, 4) is 0 Å². The third kappa shape index (κ3) is 11.9. The van der Waals surface area contributed by atoms with Crippen LogP contribution in [0.25, 0.3) is 0 Å². The summed E-state index contributed by atoms with van der Waals surface area (Å²) < 4.78 is 10.7. The van der Waals surface area contributed by atoms with Crippen molar-refractivity contribution in [3.05, 3.63) is 0 Å². The molecule has 0 fully saturated rings. The highest BCUT2D eigenvalue weighted by Crippen LogP contribution is 1.91. The van der Waals surface area contributed by atoms with Crippen LogP contribution in [0.15, 0.2) is 0 Å². The summed E-state index contributed by atoms with van der Waals surface area (Å²) in [6.45, 7) is 8.31. The molecule has 0 bridgehead atoms. The highest BCUT2D eigenvalue weighted by molar-refractivity contribution is 4.41. The largest absolute Gasteiger partial charge is 0.379 e. The first-order valence-electron chi connectivity index (χ1n) is 4.93. The van der Waals surface area contributed by atoms with Crippen LogP contribution in [0.5, 0.6) is 0 Å². The van der Waals surface area contributed by atoms with E-state index in [1.807, 2.05) is 14.1 Å². The summed E-state index contributed by atoms with van der Waals surface area (Å²) in [5, 5.41) is 0. The minimum atomic E-state index is 0.613. The molecule has 0 radical (unpaired) electrons. The van der Waals surface area contributed by atoms with Crippen molar-refractivity contribution in [2.24, 2.45) is 5.92 Å². The third-order valence-electron chi connectivity index (χ3n) is 1.51. The molecule has 0 aliphatic carbocycles. The molecule has 80 valence electrons. The quantitative estimate of drug-likeness (QED) is 0.536. The van der Waals surface area contributed by atoms with Gasteiger partial charge in [-0.2, -0.15) is 0 Å². The Morgan fingerprint density at radius 1 is 1.00 bits per heavy atom. The van der Waals surface area contributed by atoms with Crippen LogP contribution >= 0.6 is 0 Å². The average molecular weight is 189 g/mol. The standard InChI is InChI=1S/C10H23NO2/c1-10(2)9-13-8-7-12-6-5-11(3)4/h10H,5-9H2,1-4H3. The van der Waals surface area contributed by atoms with Crippen LogP contribution in [0, 0.1) is 5.92 Å². The van der Waals surface area contributed by atoms with E-state index >= 15 is 0 Å². The Bertz CT molecular complexity index is 93.1. The molecule has 13 heavy (non-hydrogen) atoms. The second kappa shape index (κ2) is 8.48. The minimum absolute atomic E-state index is 0.613. The summed E-state index contributed by atoms with van der Waals surface area (Å²) in [4.78, 5) is 2.11. The van der Waals surface area contributed by atoms with Gasteiger partial charge < -0.3 is 14.4 Å². The zero-order valence-electron chi connectivity index (χ0n) is 9.38. The highest BCUT2D eigenvalue weighted by Gasteiger charge is 1.94. The van der Waals surface area contributed by atoms with E-state index in [0.717, 1.165) is 19.8 Å². The van der Waals surface area contributed by atoms with Crippen molar-refractivity contribution in [2.45, 2.75) is 13.8 Å². The van der Waals surface area contributed by atoms with Crippen LogP contribution < -0.4 is 0 Å². The third-order valence-corrected chi connectivity index (χ3v) is 1.51. The molecule has 0 atom stereocenters. The van der Waals surface area contributed by atoms with Gasteiger partial charge in [0, 0.05) is 13.2 Å². The molecule has 0 aliphatic heterocycles. The monoisotopic (exact) mass is 189 g/mol. The summed E-state index contributed by atoms with van der Waals surface area (Å²) in [5.74, 6) is 0.613. The first kappa shape index (κ1) is 12.9. The molecular weight excluding hydrogens is 166 g/mol. The van der Waals surface area contributed by atoms with Crippen LogP contribution in [0.2, 0.25) is 0 Å². The molecule has 0 unspecified atom stereocenters. The number of likely N-dealkylation sites (N-methyl/N-ethyl adjacent to an activating group) is 1. The zero-order chi connectivity index (χ0) is 10.1. The Hall–Kier alpha value is -0.120. The van der Waals surface area contributed by atoms with Crippen molar-refractivity contribution in [3.63, 3.8) is 0 Å². The van der Waals surface area contributed by atoms with Crippen molar-refractivity contribution in [1.29, 1.82) is 0 Å².